The monoisotopic (exact) mass is 201 g/mol. The zero-order valence-electron chi connectivity index (χ0n) is 9.79. The zero-order valence-corrected chi connectivity index (χ0v) is 9.79. The second-order valence-corrected chi connectivity index (χ2v) is 3.68. The average molecular weight is 201 g/mol. The maximum absolute atomic E-state index is 11.8. The van der Waals surface area contributed by atoms with Gasteiger partial charge >= 0.3 is 6.03 Å². The van der Waals surface area contributed by atoms with Crippen LogP contribution in [0.4, 0.5) is 4.79 Å². The molecule has 0 saturated heterocycles. The van der Waals surface area contributed by atoms with Crippen LogP contribution in [-0.2, 0) is 0 Å². The Balaban J connectivity index is 4.18. The molecule has 0 fully saturated rings. The highest BCUT2D eigenvalue weighted by atomic mass is 16.2. The van der Waals surface area contributed by atoms with Gasteiger partial charge < -0.3 is 15.5 Å². The second kappa shape index (κ2) is 6.65. The summed E-state index contributed by atoms with van der Waals surface area (Å²) in [6.45, 7) is 8.88. The molecule has 0 heterocycles. The standard InChI is InChI=1S/C10H23N3O/c1-5-12(4)10(14)13(6-2)8-9(3)7-11/h9H,5-8,11H2,1-4H3. The Hall–Kier alpha value is -0.770. The van der Waals surface area contributed by atoms with Crippen LogP contribution in [0, 0.1) is 5.92 Å². The Morgan fingerprint density at radius 3 is 2.29 bits per heavy atom. The summed E-state index contributed by atoms with van der Waals surface area (Å²) in [4.78, 5) is 15.3. The fraction of sp³-hybridized carbons (Fsp3) is 0.900. The van der Waals surface area contributed by atoms with Crippen LogP contribution in [0.1, 0.15) is 20.8 Å². The first-order valence-corrected chi connectivity index (χ1v) is 5.26. The number of amides is 2. The lowest BCUT2D eigenvalue weighted by Gasteiger charge is -2.28. The van der Waals surface area contributed by atoms with Gasteiger partial charge in [-0.2, -0.15) is 0 Å². The first kappa shape index (κ1) is 13.2. The molecular formula is C10H23N3O. The van der Waals surface area contributed by atoms with Gasteiger partial charge in [0.1, 0.15) is 0 Å². The van der Waals surface area contributed by atoms with Crippen LogP contribution in [0.25, 0.3) is 0 Å². The molecule has 0 aromatic heterocycles. The average Bonchev–Trinajstić information content (AvgIpc) is 2.23. The molecule has 1 atom stereocenters. The summed E-state index contributed by atoms with van der Waals surface area (Å²) in [6, 6.07) is 0.0929. The van der Waals surface area contributed by atoms with Crippen LogP contribution >= 0.6 is 0 Å². The zero-order chi connectivity index (χ0) is 11.1. The summed E-state index contributed by atoms with van der Waals surface area (Å²) in [5.41, 5.74) is 5.53. The third kappa shape index (κ3) is 3.96. The Kier molecular flexibility index (Phi) is 6.28. The van der Waals surface area contributed by atoms with Gasteiger partial charge in [0.05, 0.1) is 0 Å². The molecule has 0 spiro atoms. The Morgan fingerprint density at radius 2 is 1.93 bits per heavy atom. The Morgan fingerprint density at radius 1 is 1.36 bits per heavy atom. The van der Waals surface area contributed by atoms with Gasteiger partial charge in [0.2, 0.25) is 0 Å². The largest absolute Gasteiger partial charge is 0.330 e. The van der Waals surface area contributed by atoms with Crippen molar-refractivity contribution in [2.75, 3.05) is 33.2 Å². The molecule has 4 nitrogen and oxygen atoms in total. The highest BCUT2D eigenvalue weighted by Gasteiger charge is 2.16. The summed E-state index contributed by atoms with van der Waals surface area (Å²) in [5, 5.41) is 0. The number of carbonyl (C=O) groups is 1. The molecule has 1 unspecified atom stereocenters. The van der Waals surface area contributed by atoms with E-state index in [0.717, 1.165) is 19.6 Å². The lowest BCUT2D eigenvalue weighted by atomic mass is 10.2. The molecular weight excluding hydrogens is 178 g/mol. The Bertz CT molecular complexity index is 173. The molecule has 0 aliphatic rings. The van der Waals surface area contributed by atoms with Crippen molar-refractivity contribution in [2.45, 2.75) is 20.8 Å². The lowest BCUT2D eigenvalue weighted by Crippen LogP contribution is -2.43. The normalized spacial score (nSPS) is 12.4. The fourth-order valence-electron chi connectivity index (χ4n) is 1.17. The van der Waals surface area contributed by atoms with Gasteiger partial charge in [0.15, 0.2) is 0 Å². The van der Waals surface area contributed by atoms with E-state index in [1.54, 1.807) is 4.90 Å². The third-order valence-electron chi connectivity index (χ3n) is 2.39. The molecule has 2 amide bonds. The molecule has 2 N–H and O–H groups in total. The number of nitrogens with two attached hydrogens (primary N) is 1. The molecule has 4 heteroatoms. The lowest BCUT2D eigenvalue weighted by molar-refractivity contribution is 0.160. The summed E-state index contributed by atoms with van der Waals surface area (Å²) >= 11 is 0. The van der Waals surface area contributed by atoms with E-state index >= 15 is 0 Å². The molecule has 0 aromatic carbocycles. The van der Waals surface area contributed by atoms with Gasteiger partial charge in [-0.25, -0.2) is 4.79 Å². The summed E-state index contributed by atoms with van der Waals surface area (Å²) < 4.78 is 0. The summed E-state index contributed by atoms with van der Waals surface area (Å²) in [7, 11) is 1.82. The first-order valence-electron chi connectivity index (χ1n) is 5.26. The van der Waals surface area contributed by atoms with Gasteiger partial charge in [0, 0.05) is 26.7 Å². The van der Waals surface area contributed by atoms with Crippen molar-refractivity contribution in [1.29, 1.82) is 0 Å². The minimum Gasteiger partial charge on any atom is -0.330 e. The van der Waals surface area contributed by atoms with Crippen LogP contribution in [0.3, 0.4) is 0 Å². The van der Waals surface area contributed by atoms with Crippen LogP contribution in [0.15, 0.2) is 0 Å². The van der Waals surface area contributed by atoms with Gasteiger partial charge in [-0.05, 0) is 26.3 Å². The fourth-order valence-corrected chi connectivity index (χ4v) is 1.17. The van der Waals surface area contributed by atoms with Gasteiger partial charge in [-0.15, -0.1) is 0 Å². The van der Waals surface area contributed by atoms with E-state index in [0.29, 0.717) is 12.5 Å². The van der Waals surface area contributed by atoms with E-state index in [2.05, 4.69) is 6.92 Å². The SMILES string of the molecule is CCN(C)C(=O)N(CC)CC(C)CN. The number of hydrogen-bond acceptors (Lipinski definition) is 2. The number of urea groups is 1. The van der Waals surface area contributed by atoms with Crippen molar-refractivity contribution >= 4 is 6.03 Å². The van der Waals surface area contributed by atoms with E-state index in [1.807, 2.05) is 25.8 Å². The minimum absolute atomic E-state index is 0.0929. The van der Waals surface area contributed by atoms with E-state index in [1.165, 1.54) is 0 Å². The smallest absolute Gasteiger partial charge is 0.319 e. The highest BCUT2D eigenvalue weighted by Crippen LogP contribution is 2.01. The molecule has 0 saturated carbocycles. The van der Waals surface area contributed by atoms with Crippen LogP contribution in [-0.4, -0.2) is 49.1 Å². The first-order chi connectivity index (χ1) is 6.56. The van der Waals surface area contributed by atoms with Crippen molar-refractivity contribution < 1.29 is 4.79 Å². The van der Waals surface area contributed by atoms with E-state index < -0.39 is 0 Å². The van der Waals surface area contributed by atoms with Crippen molar-refractivity contribution in [1.82, 2.24) is 9.80 Å². The number of rotatable bonds is 5. The molecule has 0 aromatic rings. The molecule has 0 radical (unpaired) electrons. The number of nitrogens with zero attached hydrogens (tertiary/aromatic N) is 2. The second-order valence-electron chi connectivity index (χ2n) is 3.68. The highest BCUT2D eigenvalue weighted by molar-refractivity contribution is 5.74. The van der Waals surface area contributed by atoms with E-state index in [4.69, 9.17) is 5.73 Å². The predicted octanol–water partition coefficient (Wildman–Crippen LogP) is 0.975. The summed E-state index contributed by atoms with van der Waals surface area (Å²) in [5.74, 6) is 0.365. The molecule has 14 heavy (non-hydrogen) atoms. The predicted molar refractivity (Wildman–Crippen MR) is 59.2 cm³/mol. The van der Waals surface area contributed by atoms with Crippen LogP contribution in [0.5, 0.6) is 0 Å². The molecule has 0 rings (SSSR count). The Labute approximate surface area is 87.0 Å². The van der Waals surface area contributed by atoms with Gasteiger partial charge in [-0.1, -0.05) is 6.92 Å². The van der Waals surface area contributed by atoms with Crippen molar-refractivity contribution in [3.05, 3.63) is 0 Å². The van der Waals surface area contributed by atoms with Crippen LogP contribution in [0.2, 0.25) is 0 Å². The van der Waals surface area contributed by atoms with Crippen molar-refractivity contribution in [3.8, 4) is 0 Å². The van der Waals surface area contributed by atoms with Gasteiger partial charge in [0.25, 0.3) is 0 Å². The maximum atomic E-state index is 11.8. The molecule has 84 valence electrons. The number of hydrogen-bond donors (Lipinski definition) is 1. The third-order valence-corrected chi connectivity index (χ3v) is 2.39. The summed E-state index contributed by atoms with van der Waals surface area (Å²) in [6.07, 6.45) is 0. The van der Waals surface area contributed by atoms with E-state index in [9.17, 15) is 4.79 Å². The topological polar surface area (TPSA) is 49.6 Å². The number of carbonyl (C=O) groups excluding carboxylic acids is 1. The van der Waals surface area contributed by atoms with Crippen molar-refractivity contribution in [2.24, 2.45) is 11.7 Å². The molecule has 0 bridgehead atoms. The maximum Gasteiger partial charge on any atom is 0.319 e. The van der Waals surface area contributed by atoms with Gasteiger partial charge in [-0.3, -0.25) is 0 Å². The molecule has 0 aliphatic carbocycles. The quantitative estimate of drug-likeness (QED) is 0.720. The molecule has 0 aliphatic heterocycles. The minimum atomic E-state index is 0.0929. The van der Waals surface area contributed by atoms with Crippen molar-refractivity contribution in [3.63, 3.8) is 0 Å². The van der Waals surface area contributed by atoms with E-state index in [-0.39, 0.29) is 6.03 Å². The van der Waals surface area contributed by atoms with Crippen LogP contribution < -0.4 is 5.73 Å².